The molecule has 2 rings (SSSR count). The first-order valence-electron chi connectivity index (χ1n) is 7.19. The minimum absolute atomic E-state index is 0.339. The predicted molar refractivity (Wildman–Crippen MR) is 80.9 cm³/mol. The predicted octanol–water partition coefficient (Wildman–Crippen LogP) is 2.26. The number of hydrogen-bond acceptors (Lipinski definition) is 3. The van der Waals surface area contributed by atoms with Gasteiger partial charge in [-0.2, -0.15) is 0 Å². The molecule has 1 aliphatic rings. The molecule has 0 amide bonds. The molecule has 0 spiro atoms. The highest BCUT2D eigenvalue weighted by Crippen LogP contribution is 2.39. The maximum atomic E-state index is 12.4. The summed E-state index contributed by atoms with van der Waals surface area (Å²) in [4.78, 5) is 0.339. The molecule has 4 nitrogen and oxygen atoms in total. The topological polar surface area (TPSA) is 58.2 Å². The lowest BCUT2D eigenvalue weighted by molar-refractivity contribution is 0.400. The molecule has 1 aromatic carbocycles. The number of nitrogens with one attached hydrogen (secondary N) is 2. The standard InChI is InChI=1S/C15H24N2O2S/c1-4-16-11-12-5-9-14(10-6-12)20(18,19)17-15(2,3)13-7-8-13/h5-6,9-10,13,16-17H,4,7-8,11H2,1-3H3. The molecular weight excluding hydrogens is 272 g/mol. The molecule has 0 saturated heterocycles. The first-order chi connectivity index (χ1) is 9.35. The van der Waals surface area contributed by atoms with E-state index in [1.807, 2.05) is 32.9 Å². The summed E-state index contributed by atoms with van der Waals surface area (Å²) < 4.78 is 27.6. The van der Waals surface area contributed by atoms with Crippen LogP contribution in [0.3, 0.4) is 0 Å². The molecule has 1 aromatic rings. The fourth-order valence-corrected chi connectivity index (χ4v) is 3.82. The summed E-state index contributed by atoms with van der Waals surface area (Å²) in [7, 11) is -3.43. The van der Waals surface area contributed by atoms with Gasteiger partial charge < -0.3 is 5.32 Å². The van der Waals surface area contributed by atoms with Gasteiger partial charge in [-0.3, -0.25) is 0 Å². The molecule has 0 atom stereocenters. The van der Waals surface area contributed by atoms with Gasteiger partial charge in [-0.25, -0.2) is 13.1 Å². The fourth-order valence-electron chi connectivity index (χ4n) is 2.35. The average Bonchev–Trinajstić information content (AvgIpc) is 3.20. The zero-order valence-electron chi connectivity index (χ0n) is 12.4. The molecule has 1 fully saturated rings. The van der Waals surface area contributed by atoms with Crippen molar-refractivity contribution in [3.05, 3.63) is 29.8 Å². The van der Waals surface area contributed by atoms with Gasteiger partial charge in [-0.05, 0) is 56.8 Å². The Balaban J connectivity index is 2.09. The van der Waals surface area contributed by atoms with Gasteiger partial charge in [0.2, 0.25) is 10.0 Å². The van der Waals surface area contributed by atoms with Crippen LogP contribution in [0, 0.1) is 5.92 Å². The SMILES string of the molecule is CCNCc1ccc(S(=O)(=O)NC(C)(C)C2CC2)cc1. The van der Waals surface area contributed by atoms with E-state index >= 15 is 0 Å². The molecule has 20 heavy (non-hydrogen) atoms. The third-order valence-corrected chi connectivity index (χ3v) is 5.50. The maximum absolute atomic E-state index is 12.4. The molecule has 0 radical (unpaired) electrons. The highest BCUT2D eigenvalue weighted by Gasteiger charge is 2.40. The van der Waals surface area contributed by atoms with Gasteiger partial charge in [-0.1, -0.05) is 19.1 Å². The largest absolute Gasteiger partial charge is 0.313 e. The van der Waals surface area contributed by atoms with Crippen molar-refractivity contribution in [2.24, 2.45) is 5.92 Å². The van der Waals surface area contributed by atoms with Gasteiger partial charge in [0.25, 0.3) is 0 Å². The Morgan fingerprint density at radius 2 is 1.80 bits per heavy atom. The summed E-state index contributed by atoms with van der Waals surface area (Å²) in [5.41, 5.74) is 0.730. The van der Waals surface area contributed by atoms with E-state index < -0.39 is 10.0 Å². The van der Waals surface area contributed by atoms with Crippen LogP contribution in [-0.2, 0) is 16.6 Å². The summed E-state index contributed by atoms with van der Waals surface area (Å²) >= 11 is 0. The smallest absolute Gasteiger partial charge is 0.241 e. The van der Waals surface area contributed by atoms with Gasteiger partial charge >= 0.3 is 0 Å². The number of rotatable bonds is 7. The van der Waals surface area contributed by atoms with E-state index in [-0.39, 0.29) is 5.54 Å². The van der Waals surface area contributed by atoms with E-state index in [0.717, 1.165) is 31.5 Å². The van der Waals surface area contributed by atoms with E-state index in [9.17, 15) is 8.42 Å². The Morgan fingerprint density at radius 1 is 1.20 bits per heavy atom. The molecular formula is C15H24N2O2S. The lowest BCUT2D eigenvalue weighted by Crippen LogP contribution is -2.45. The van der Waals surface area contributed by atoms with Crippen molar-refractivity contribution in [3.63, 3.8) is 0 Å². The second-order valence-electron chi connectivity index (χ2n) is 6.03. The second-order valence-corrected chi connectivity index (χ2v) is 7.71. The van der Waals surface area contributed by atoms with Crippen molar-refractivity contribution in [2.75, 3.05) is 6.54 Å². The monoisotopic (exact) mass is 296 g/mol. The quantitative estimate of drug-likeness (QED) is 0.811. The number of sulfonamides is 1. The van der Waals surface area contributed by atoms with Crippen molar-refractivity contribution in [2.45, 2.75) is 50.6 Å². The van der Waals surface area contributed by atoms with E-state index in [1.165, 1.54) is 0 Å². The van der Waals surface area contributed by atoms with Crippen molar-refractivity contribution >= 4 is 10.0 Å². The maximum Gasteiger partial charge on any atom is 0.241 e. The number of hydrogen-bond donors (Lipinski definition) is 2. The van der Waals surface area contributed by atoms with Gasteiger partial charge in [-0.15, -0.1) is 0 Å². The summed E-state index contributed by atoms with van der Waals surface area (Å²) in [5.74, 6) is 0.463. The first kappa shape index (κ1) is 15.5. The van der Waals surface area contributed by atoms with Crippen LogP contribution in [0.4, 0.5) is 0 Å². The Kier molecular flexibility index (Phi) is 4.52. The van der Waals surface area contributed by atoms with Gasteiger partial charge in [0.05, 0.1) is 4.90 Å². The molecule has 0 heterocycles. The summed E-state index contributed by atoms with van der Waals surface area (Å²) in [6.07, 6.45) is 2.22. The number of benzene rings is 1. The van der Waals surface area contributed by atoms with Crippen molar-refractivity contribution in [1.29, 1.82) is 0 Å². The molecule has 5 heteroatoms. The van der Waals surface area contributed by atoms with Crippen LogP contribution in [0.15, 0.2) is 29.2 Å². The summed E-state index contributed by atoms with van der Waals surface area (Å²) in [5, 5.41) is 3.22. The fraction of sp³-hybridized carbons (Fsp3) is 0.600. The van der Waals surface area contributed by atoms with Crippen LogP contribution in [0.5, 0.6) is 0 Å². The van der Waals surface area contributed by atoms with E-state index in [4.69, 9.17) is 0 Å². The zero-order chi connectivity index (χ0) is 14.8. The molecule has 0 bridgehead atoms. The molecule has 2 N–H and O–H groups in total. The second kappa shape index (κ2) is 5.84. The van der Waals surface area contributed by atoms with Crippen LogP contribution >= 0.6 is 0 Å². The van der Waals surface area contributed by atoms with Crippen LogP contribution < -0.4 is 10.0 Å². The Morgan fingerprint density at radius 3 is 2.30 bits per heavy atom. The van der Waals surface area contributed by atoms with E-state index in [1.54, 1.807) is 12.1 Å². The third-order valence-electron chi connectivity index (χ3n) is 3.81. The third kappa shape index (κ3) is 3.81. The van der Waals surface area contributed by atoms with E-state index in [2.05, 4.69) is 10.0 Å². The van der Waals surface area contributed by atoms with Crippen LogP contribution in [0.25, 0.3) is 0 Å². The Labute approximate surface area is 122 Å². The molecule has 1 aliphatic carbocycles. The van der Waals surface area contributed by atoms with Crippen LogP contribution in [0.2, 0.25) is 0 Å². The molecule has 1 saturated carbocycles. The highest BCUT2D eigenvalue weighted by molar-refractivity contribution is 7.89. The highest BCUT2D eigenvalue weighted by atomic mass is 32.2. The van der Waals surface area contributed by atoms with Crippen molar-refractivity contribution in [3.8, 4) is 0 Å². The molecule has 0 aliphatic heterocycles. The lowest BCUT2D eigenvalue weighted by atomic mass is 10.0. The lowest BCUT2D eigenvalue weighted by Gasteiger charge is -2.25. The van der Waals surface area contributed by atoms with Crippen LogP contribution in [-0.4, -0.2) is 20.5 Å². The average molecular weight is 296 g/mol. The molecule has 0 unspecified atom stereocenters. The first-order valence-corrected chi connectivity index (χ1v) is 8.67. The summed E-state index contributed by atoms with van der Waals surface area (Å²) in [6.45, 7) is 7.63. The van der Waals surface area contributed by atoms with Crippen molar-refractivity contribution in [1.82, 2.24) is 10.0 Å². The van der Waals surface area contributed by atoms with Crippen molar-refractivity contribution < 1.29 is 8.42 Å². The van der Waals surface area contributed by atoms with Gasteiger partial charge in [0.15, 0.2) is 0 Å². The Hall–Kier alpha value is -0.910. The molecule has 112 valence electrons. The zero-order valence-corrected chi connectivity index (χ0v) is 13.3. The van der Waals surface area contributed by atoms with Gasteiger partial charge in [0.1, 0.15) is 0 Å². The van der Waals surface area contributed by atoms with Gasteiger partial charge in [0, 0.05) is 12.1 Å². The van der Waals surface area contributed by atoms with Crippen LogP contribution in [0.1, 0.15) is 39.2 Å². The minimum atomic E-state index is -3.43. The molecule has 0 aromatic heterocycles. The normalized spacial score (nSPS) is 16.4. The minimum Gasteiger partial charge on any atom is -0.313 e. The summed E-state index contributed by atoms with van der Waals surface area (Å²) in [6, 6.07) is 7.08. The van der Waals surface area contributed by atoms with E-state index in [0.29, 0.717) is 10.8 Å². The Bertz CT molecular complexity index is 546.